The summed E-state index contributed by atoms with van der Waals surface area (Å²) in [5.41, 5.74) is 2.39. The number of aliphatic hydroxyl groups excluding tert-OH is 1. The highest BCUT2D eigenvalue weighted by molar-refractivity contribution is 5.67. The number of hydrogen-bond donors (Lipinski definition) is 2. The van der Waals surface area contributed by atoms with Gasteiger partial charge in [0, 0.05) is 0 Å². The van der Waals surface area contributed by atoms with Crippen molar-refractivity contribution in [3.05, 3.63) is 77.1 Å². The fourth-order valence-electron chi connectivity index (χ4n) is 2.08. The summed E-state index contributed by atoms with van der Waals surface area (Å²) >= 11 is 0. The van der Waals surface area contributed by atoms with Gasteiger partial charge in [0.2, 0.25) is 0 Å². The Morgan fingerprint density at radius 1 is 1.13 bits per heavy atom. The molecule has 0 heterocycles. The third-order valence-electron chi connectivity index (χ3n) is 3.30. The first-order valence-electron chi connectivity index (χ1n) is 7.25. The molecule has 1 atom stereocenters. The second-order valence-corrected chi connectivity index (χ2v) is 5.07. The second-order valence-electron chi connectivity index (χ2n) is 5.07. The quantitative estimate of drug-likeness (QED) is 0.806. The van der Waals surface area contributed by atoms with Crippen molar-refractivity contribution in [2.45, 2.75) is 19.1 Å². The minimum atomic E-state index is -0.564. The van der Waals surface area contributed by atoms with Crippen molar-refractivity contribution in [1.29, 1.82) is 0 Å². The third kappa shape index (κ3) is 5.46. The van der Waals surface area contributed by atoms with Crippen molar-refractivity contribution >= 4 is 11.8 Å². The standard InChI is InChI=1S/C18H18N2O3/c1-19-16-9-7-14(8-10-16)11-17(12-21)20-18(22)23-13-15-5-3-2-4-6-15/h2-10,17,21H,11-13H2,(H,20,22)/t17-/m0/s1. The Morgan fingerprint density at radius 3 is 2.43 bits per heavy atom. The molecule has 0 saturated carbocycles. The van der Waals surface area contributed by atoms with Crippen LogP contribution >= 0.6 is 0 Å². The SMILES string of the molecule is [C-]#[N+]c1ccc(C[C@@H](CO)NC(=O)OCc2ccccc2)cc1. The van der Waals surface area contributed by atoms with Crippen LogP contribution in [0.3, 0.4) is 0 Å². The van der Waals surface area contributed by atoms with E-state index in [2.05, 4.69) is 10.2 Å². The van der Waals surface area contributed by atoms with Crippen LogP contribution in [0.4, 0.5) is 10.5 Å². The van der Waals surface area contributed by atoms with Gasteiger partial charge in [-0.05, 0) is 17.5 Å². The van der Waals surface area contributed by atoms with Crippen molar-refractivity contribution in [2.75, 3.05) is 6.61 Å². The third-order valence-corrected chi connectivity index (χ3v) is 3.30. The first-order chi connectivity index (χ1) is 11.2. The topological polar surface area (TPSA) is 62.9 Å². The number of nitrogens with zero attached hydrogens (tertiary/aromatic N) is 1. The maximum Gasteiger partial charge on any atom is 0.407 e. The largest absolute Gasteiger partial charge is 0.445 e. The molecule has 0 fully saturated rings. The molecule has 0 aliphatic carbocycles. The van der Waals surface area contributed by atoms with Crippen LogP contribution in [0.5, 0.6) is 0 Å². The molecule has 2 aromatic carbocycles. The summed E-state index contributed by atoms with van der Waals surface area (Å²) in [5.74, 6) is 0. The molecule has 2 aromatic rings. The first kappa shape index (κ1) is 16.5. The van der Waals surface area contributed by atoms with Gasteiger partial charge in [-0.25, -0.2) is 9.64 Å². The van der Waals surface area contributed by atoms with Gasteiger partial charge in [0.1, 0.15) is 6.61 Å². The van der Waals surface area contributed by atoms with Gasteiger partial charge in [-0.1, -0.05) is 54.6 Å². The molecule has 118 valence electrons. The highest BCUT2D eigenvalue weighted by Gasteiger charge is 2.13. The zero-order valence-corrected chi connectivity index (χ0v) is 12.6. The molecule has 0 radical (unpaired) electrons. The monoisotopic (exact) mass is 310 g/mol. The maximum atomic E-state index is 11.8. The number of alkyl carbamates (subject to hydrolysis) is 1. The van der Waals surface area contributed by atoms with E-state index in [1.54, 1.807) is 12.1 Å². The van der Waals surface area contributed by atoms with Crippen LogP contribution in [-0.2, 0) is 17.8 Å². The molecule has 0 bridgehead atoms. The van der Waals surface area contributed by atoms with Crippen molar-refractivity contribution in [2.24, 2.45) is 0 Å². The molecule has 2 rings (SSSR count). The maximum absolute atomic E-state index is 11.8. The Kier molecular flexibility index (Phi) is 6.16. The van der Waals surface area contributed by atoms with Crippen LogP contribution in [0, 0.1) is 6.57 Å². The zero-order chi connectivity index (χ0) is 16.5. The van der Waals surface area contributed by atoms with E-state index >= 15 is 0 Å². The van der Waals surface area contributed by atoms with Gasteiger partial charge in [0.05, 0.1) is 19.2 Å². The van der Waals surface area contributed by atoms with Gasteiger partial charge in [0.15, 0.2) is 5.69 Å². The second kappa shape index (κ2) is 8.57. The Morgan fingerprint density at radius 2 is 1.83 bits per heavy atom. The molecule has 0 aliphatic heterocycles. The van der Waals surface area contributed by atoms with E-state index in [1.165, 1.54) is 0 Å². The van der Waals surface area contributed by atoms with Crippen molar-refractivity contribution in [1.82, 2.24) is 5.32 Å². The lowest BCUT2D eigenvalue weighted by molar-refractivity contribution is 0.129. The molecule has 5 nitrogen and oxygen atoms in total. The van der Waals surface area contributed by atoms with E-state index in [4.69, 9.17) is 11.3 Å². The minimum absolute atomic E-state index is 0.185. The van der Waals surface area contributed by atoms with Crippen molar-refractivity contribution < 1.29 is 14.6 Å². The van der Waals surface area contributed by atoms with Crippen molar-refractivity contribution in [3.8, 4) is 0 Å². The van der Waals surface area contributed by atoms with E-state index < -0.39 is 12.1 Å². The first-order valence-corrected chi connectivity index (χ1v) is 7.25. The lowest BCUT2D eigenvalue weighted by Gasteiger charge is -2.16. The van der Waals surface area contributed by atoms with Gasteiger partial charge >= 0.3 is 6.09 Å². The fraction of sp³-hybridized carbons (Fsp3) is 0.222. The molecular formula is C18H18N2O3. The molecule has 0 aromatic heterocycles. The molecule has 23 heavy (non-hydrogen) atoms. The van der Waals surface area contributed by atoms with Crippen LogP contribution in [0.1, 0.15) is 11.1 Å². The number of hydrogen-bond acceptors (Lipinski definition) is 3. The van der Waals surface area contributed by atoms with Gasteiger partial charge < -0.3 is 15.2 Å². The number of benzene rings is 2. The highest BCUT2D eigenvalue weighted by Crippen LogP contribution is 2.13. The Balaban J connectivity index is 1.83. The Hall–Kier alpha value is -2.84. The summed E-state index contributed by atoms with van der Waals surface area (Å²) in [7, 11) is 0. The predicted octanol–water partition coefficient (Wildman–Crippen LogP) is 3.07. The molecule has 1 amide bonds. The van der Waals surface area contributed by atoms with Crippen molar-refractivity contribution in [3.63, 3.8) is 0 Å². The van der Waals surface area contributed by atoms with Crippen LogP contribution in [0.15, 0.2) is 54.6 Å². The van der Waals surface area contributed by atoms with Crippen LogP contribution in [0.2, 0.25) is 0 Å². The van der Waals surface area contributed by atoms with E-state index in [-0.39, 0.29) is 13.2 Å². The van der Waals surface area contributed by atoms with E-state index in [0.29, 0.717) is 12.1 Å². The number of ether oxygens (including phenoxy) is 1. The van der Waals surface area contributed by atoms with Gasteiger partial charge in [-0.15, -0.1) is 0 Å². The molecule has 0 unspecified atom stereocenters. The Bertz CT molecular complexity index is 663. The van der Waals surface area contributed by atoms with E-state index in [9.17, 15) is 9.90 Å². The smallest absolute Gasteiger partial charge is 0.407 e. The highest BCUT2D eigenvalue weighted by atomic mass is 16.5. The number of carbonyl (C=O) groups is 1. The average Bonchev–Trinajstić information content (AvgIpc) is 2.61. The summed E-state index contributed by atoms with van der Waals surface area (Å²) in [5, 5.41) is 12.0. The Labute approximate surface area is 135 Å². The molecule has 0 saturated heterocycles. The average molecular weight is 310 g/mol. The molecular weight excluding hydrogens is 292 g/mol. The summed E-state index contributed by atoms with van der Waals surface area (Å²) in [6.45, 7) is 6.91. The summed E-state index contributed by atoms with van der Waals surface area (Å²) in [6, 6.07) is 16.0. The number of aliphatic hydroxyl groups is 1. The van der Waals surface area contributed by atoms with Gasteiger partial charge in [-0.3, -0.25) is 0 Å². The molecule has 2 N–H and O–H groups in total. The summed E-state index contributed by atoms with van der Waals surface area (Å²) in [4.78, 5) is 15.1. The number of nitrogens with one attached hydrogen (secondary N) is 1. The predicted molar refractivity (Wildman–Crippen MR) is 87.0 cm³/mol. The van der Waals surface area contributed by atoms with Crippen LogP contribution in [-0.4, -0.2) is 23.8 Å². The van der Waals surface area contributed by atoms with E-state index in [0.717, 1.165) is 11.1 Å². The summed E-state index contributed by atoms with van der Waals surface area (Å²) < 4.78 is 5.13. The number of amides is 1. The lowest BCUT2D eigenvalue weighted by Crippen LogP contribution is -2.39. The summed E-state index contributed by atoms with van der Waals surface area (Å²) in [6.07, 6.45) is -0.0967. The molecule has 0 aliphatic rings. The number of carbonyl (C=O) groups excluding carboxylic acids is 1. The van der Waals surface area contributed by atoms with Gasteiger partial charge in [-0.2, -0.15) is 0 Å². The van der Waals surface area contributed by atoms with Crippen LogP contribution < -0.4 is 5.32 Å². The lowest BCUT2D eigenvalue weighted by atomic mass is 10.1. The fourth-order valence-corrected chi connectivity index (χ4v) is 2.08. The minimum Gasteiger partial charge on any atom is -0.445 e. The molecule has 5 heteroatoms. The zero-order valence-electron chi connectivity index (χ0n) is 12.6. The van der Waals surface area contributed by atoms with Crippen LogP contribution in [0.25, 0.3) is 4.85 Å². The normalized spacial score (nSPS) is 11.3. The van der Waals surface area contributed by atoms with Gasteiger partial charge in [0.25, 0.3) is 0 Å². The number of rotatable bonds is 6. The molecule has 0 spiro atoms. The van der Waals surface area contributed by atoms with E-state index in [1.807, 2.05) is 42.5 Å².